The number of hydrogen-bond acceptors (Lipinski definition) is 3. The highest BCUT2D eigenvalue weighted by molar-refractivity contribution is 5.76. The Morgan fingerprint density at radius 2 is 1.96 bits per heavy atom. The molecule has 2 unspecified atom stereocenters. The summed E-state index contributed by atoms with van der Waals surface area (Å²) in [4.78, 5) is 11.9. The Kier molecular flexibility index (Phi) is 6.32. The minimum absolute atomic E-state index is 0.124. The fourth-order valence-electron chi connectivity index (χ4n) is 2.23. The van der Waals surface area contributed by atoms with Crippen molar-refractivity contribution < 1.29 is 19.0 Å². The molecular weight excluding hydrogens is 309 g/mol. The molecular formula is C19H22FNO3. The van der Waals surface area contributed by atoms with Gasteiger partial charge in [-0.2, -0.15) is 0 Å². The van der Waals surface area contributed by atoms with Crippen LogP contribution in [0.1, 0.15) is 30.6 Å². The number of aryl methyl sites for hydroxylation is 1. The lowest BCUT2D eigenvalue weighted by atomic mass is 10.1. The van der Waals surface area contributed by atoms with Gasteiger partial charge in [0.25, 0.3) is 0 Å². The lowest BCUT2D eigenvalue weighted by molar-refractivity contribution is -0.123. The van der Waals surface area contributed by atoms with Gasteiger partial charge in [-0.3, -0.25) is 4.79 Å². The minimum atomic E-state index is -1.03. The van der Waals surface area contributed by atoms with Crippen molar-refractivity contribution in [2.75, 3.05) is 6.54 Å². The van der Waals surface area contributed by atoms with Gasteiger partial charge in [-0.05, 0) is 43.7 Å². The summed E-state index contributed by atoms with van der Waals surface area (Å²) in [7, 11) is 0. The molecule has 2 aromatic rings. The maximum Gasteiger partial charge on any atom is 0.223 e. The fourth-order valence-corrected chi connectivity index (χ4v) is 2.23. The Morgan fingerprint density at radius 1 is 1.25 bits per heavy atom. The van der Waals surface area contributed by atoms with Gasteiger partial charge in [-0.15, -0.1) is 0 Å². The van der Waals surface area contributed by atoms with Crippen molar-refractivity contribution in [2.45, 2.75) is 32.5 Å². The highest BCUT2D eigenvalue weighted by Gasteiger charge is 2.14. The Labute approximate surface area is 141 Å². The molecule has 0 radical (unpaired) electrons. The third-order valence-corrected chi connectivity index (χ3v) is 3.56. The van der Waals surface area contributed by atoms with Crippen LogP contribution in [0.4, 0.5) is 4.39 Å². The molecule has 128 valence electrons. The first-order chi connectivity index (χ1) is 11.4. The van der Waals surface area contributed by atoms with E-state index in [4.69, 9.17) is 4.74 Å². The number of carbonyl (C=O) groups excluding carboxylic acids is 1. The zero-order valence-corrected chi connectivity index (χ0v) is 13.8. The zero-order valence-electron chi connectivity index (χ0n) is 13.8. The second-order valence-corrected chi connectivity index (χ2v) is 5.82. The highest BCUT2D eigenvalue weighted by Crippen LogP contribution is 2.17. The van der Waals surface area contributed by atoms with Crippen molar-refractivity contribution in [2.24, 2.45) is 0 Å². The molecule has 2 N–H and O–H groups in total. The van der Waals surface area contributed by atoms with Gasteiger partial charge >= 0.3 is 0 Å². The second kappa shape index (κ2) is 8.45. The van der Waals surface area contributed by atoms with Crippen molar-refractivity contribution in [1.29, 1.82) is 0 Å². The van der Waals surface area contributed by atoms with Crippen LogP contribution in [-0.4, -0.2) is 23.7 Å². The summed E-state index contributed by atoms with van der Waals surface area (Å²) >= 11 is 0. The molecule has 0 aliphatic rings. The number of benzene rings is 2. The maximum absolute atomic E-state index is 13.1. The zero-order chi connectivity index (χ0) is 17.5. The van der Waals surface area contributed by atoms with Gasteiger partial charge in [0.2, 0.25) is 5.91 Å². The molecule has 0 fully saturated rings. The van der Waals surface area contributed by atoms with Crippen LogP contribution >= 0.6 is 0 Å². The van der Waals surface area contributed by atoms with Gasteiger partial charge in [-0.1, -0.05) is 29.8 Å². The van der Waals surface area contributed by atoms with E-state index in [0.717, 1.165) is 11.3 Å². The van der Waals surface area contributed by atoms with Crippen LogP contribution < -0.4 is 10.1 Å². The average molecular weight is 331 g/mol. The number of ether oxygens (including phenoxy) is 1. The topological polar surface area (TPSA) is 58.6 Å². The number of rotatable bonds is 7. The first kappa shape index (κ1) is 17.9. The number of carbonyl (C=O) groups is 1. The molecule has 2 atom stereocenters. The van der Waals surface area contributed by atoms with E-state index in [0.29, 0.717) is 12.1 Å². The predicted octanol–water partition coefficient (Wildman–Crippen LogP) is 3.14. The summed E-state index contributed by atoms with van der Waals surface area (Å²) in [5.74, 6) is -0.0136. The van der Waals surface area contributed by atoms with E-state index in [2.05, 4.69) is 5.32 Å². The molecule has 4 nitrogen and oxygen atoms in total. The lowest BCUT2D eigenvalue weighted by Gasteiger charge is -2.16. The maximum atomic E-state index is 13.1. The van der Waals surface area contributed by atoms with Gasteiger partial charge in [0.15, 0.2) is 0 Å². The number of nitrogens with one attached hydrogen (secondary N) is 1. The number of aliphatic hydroxyl groups is 1. The van der Waals surface area contributed by atoms with Crippen LogP contribution in [0.15, 0.2) is 48.5 Å². The number of halogens is 1. The molecule has 0 aliphatic heterocycles. The Hall–Kier alpha value is -2.40. The van der Waals surface area contributed by atoms with Crippen molar-refractivity contribution in [3.63, 3.8) is 0 Å². The predicted molar refractivity (Wildman–Crippen MR) is 90.3 cm³/mol. The van der Waals surface area contributed by atoms with Crippen molar-refractivity contribution in [3.05, 3.63) is 65.5 Å². The summed E-state index contributed by atoms with van der Waals surface area (Å²) in [5, 5.41) is 12.7. The fraction of sp³-hybridized carbons (Fsp3) is 0.316. The largest absolute Gasteiger partial charge is 0.489 e. The van der Waals surface area contributed by atoms with Crippen LogP contribution in [0, 0.1) is 12.7 Å². The van der Waals surface area contributed by atoms with E-state index in [1.165, 1.54) is 18.2 Å². The molecule has 0 spiro atoms. The van der Waals surface area contributed by atoms with E-state index in [9.17, 15) is 14.3 Å². The van der Waals surface area contributed by atoms with E-state index < -0.39 is 11.9 Å². The smallest absolute Gasteiger partial charge is 0.223 e. The van der Waals surface area contributed by atoms with Crippen LogP contribution in [0.2, 0.25) is 0 Å². The summed E-state index contributed by atoms with van der Waals surface area (Å²) < 4.78 is 18.8. The van der Waals surface area contributed by atoms with E-state index >= 15 is 0 Å². The SMILES string of the molecule is Cc1ccc(OC(C)CNC(=O)CC(O)c2cccc(F)c2)cc1. The summed E-state index contributed by atoms with van der Waals surface area (Å²) in [6, 6.07) is 13.3. The van der Waals surface area contributed by atoms with Crippen LogP contribution in [0.3, 0.4) is 0 Å². The van der Waals surface area contributed by atoms with Gasteiger partial charge in [0.1, 0.15) is 17.7 Å². The Bertz CT molecular complexity index is 673. The molecule has 1 amide bonds. The summed E-state index contributed by atoms with van der Waals surface area (Å²) in [5.41, 5.74) is 1.53. The third kappa shape index (κ3) is 5.66. The molecule has 0 aliphatic carbocycles. The van der Waals surface area contributed by atoms with Crippen molar-refractivity contribution in [3.8, 4) is 5.75 Å². The molecule has 0 heterocycles. The molecule has 0 saturated carbocycles. The number of aliphatic hydroxyl groups excluding tert-OH is 1. The Morgan fingerprint density at radius 3 is 2.62 bits per heavy atom. The number of amides is 1. The standard InChI is InChI=1S/C19H22FNO3/c1-13-6-8-17(9-7-13)24-14(2)12-21-19(23)11-18(22)15-4-3-5-16(20)10-15/h3-10,14,18,22H,11-12H2,1-2H3,(H,21,23). The summed E-state index contributed by atoms with van der Waals surface area (Å²) in [6.07, 6.45) is -1.36. The Balaban J connectivity index is 1.76. The molecule has 5 heteroatoms. The van der Waals surface area contributed by atoms with E-state index in [-0.39, 0.29) is 18.4 Å². The van der Waals surface area contributed by atoms with Crippen LogP contribution in [-0.2, 0) is 4.79 Å². The highest BCUT2D eigenvalue weighted by atomic mass is 19.1. The molecule has 2 aromatic carbocycles. The molecule has 24 heavy (non-hydrogen) atoms. The van der Waals surface area contributed by atoms with Gasteiger partial charge < -0.3 is 15.2 Å². The summed E-state index contributed by atoms with van der Waals surface area (Å²) in [6.45, 7) is 4.17. The molecule has 0 saturated heterocycles. The molecule has 0 bridgehead atoms. The first-order valence-corrected chi connectivity index (χ1v) is 7.87. The van der Waals surface area contributed by atoms with Gasteiger partial charge in [0, 0.05) is 0 Å². The minimum Gasteiger partial charge on any atom is -0.489 e. The van der Waals surface area contributed by atoms with Crippen molar-refractivity contribution in [1.82, 2.24) is 5.32 Å². The quantitative estimate of drug-likeness (QED) is 0.819. The van der Waals surface area contributed by atoms with Gasteiger partial charge in [0.05, 0.1) is 19.1 Å². The normalized spacial score (nSPS) is 13.2. The van der Waals surface area contributed by atoms with Gasteiger partial charge in [-0.25, -0.2) is 4.39 Å². The van der Waals surface area contributed by atoms with E-state index in [1.807, 2.05) is 38.1 Å². The second-order valence-electron chi connectivity index (χ2n) is 5.82. The van der Waals surface area contributed by atoms with Crippen LogP contribution in [0.25, 0.3) is 0 Å². The molecule has 2 rings (SSSR count). The average Bonchev–Trinajstić information content (AvgIpc) is 2.55. The van der Waals surface area contributed by atoms with Crippen molar-refractivity contribution >= 4 is 5.91 Å². The first-order valence-electron chi connectivity index (χ1n) is 7.87. The van der Waals surface area contributed by atoms with E-state index in [1.54, 1.807) is 6.07 Å². The van der Waals surface area contributed by atoms with Crippen LogP contribution in [0.5, 0.6) is 5.75 Å². The monoisotopic (exact) mass is 331 g/mol. The molecule has 0 aromatic heterocycles. The lowest BCUT2D eigenvalue weighted by Crippen LogP contribution is -2.34. The third-order valence-electron chi connectivity index (χ3n) is 3.56. The number of hydrogen-bond donors (Lipinski definition) is 2.